The fraction of sp³-hybridized carbons (Fsp3) is 0.316. The molecule has 1 amide bonds. The Bertz CT molecular complexity index is 668. The summed E-state index contributed by atoms with van der Waals surface area (Å²) < 4.78 is 6.50. The van der Waals surface area contributed by atoms with Gasteiger partial charge in [-0.25, -0.2) is 0 Å². The van der Waals surface area contributed by atoms with Gasteiger partial charge in [-0.3, -0.25) is 4.79 Å². The largest absolute Gasteiger partial charge is 0.484 e. The van der Waals surface area contributed by atoms with Gasteiger partial charge < -0.3 is 10.1 Å². The quantitative estimate of drug-likeness (QED) is 0.793. The third kappa shape index (κ3) is 5.10. The van der Waals surface area contributed by atoms with E-state index in [1.54, 1.807) is 0 Å². The number of hydrogen-bond donors (Lipinski definition) is 1. The smallest absolute Gasteiger partial charge is 0.258 e. The fourth-order valence-corrected chi connectivity index (χ4v) is 2.58. The Labute approximate surface area is 146 Å². The average Bonchev–Trinajstić information content (AvgIpc) is 2.55. The Morgan fingerprint density at radius 3 is 2.43 bits per heavy atom. The maximum atomic E-state index is 12.1. The number of nitrogens with one attached hydrogen (secondary N) is 1. The van der Waals surface area contributed by atoms with Crippen LogP contribution in [0.15, 0.2) is 46.9 Å². The first kappa shape index (κ1) is 17.5. The van der Waals surface area contributed by atoms with Gasteiger partial charge in [-0.1, -0.05) is 41.1 Å². The molecule has 0 saturated heterocycles. The molecule has 2 aromatic carbocycles. The molecule has 23 heavy (non-hydrogen) atoms. The summed E-state index contributed by atoms with van der Waals surface area (Å²) >= 11 is 3.37. The summed E-state index contributed by atoms with van der Waals surface area (Å²) in [5, 5.41) is 3.04. The van der Waals surface area contributed by atoms with Crippen molar-refractivity contribution in [2.24, 2.45) is 0 Å². The van der Waals surface area contributed by atoms with E-state index < -0.39 is 0 Å². The van der Waals surface area contributed by atoms with Crippen molar-refractivity contribution in [3.63, 3.8) is 0 Å². The molecule has 2 aromatic rings. The average molecular weight is 376 g/mol. The van der Waals surface area contributed by atoms with E-state index in [9.17, 15) is 4.79 Å². The van der Waals surface area contributed by atoms with Gasteiger partial charge >= 0.3 is 0 Å². The van der Waals surface area contributed by atoms with Crippen LogP contribution in [0.25, 0.3) is 0 Å². The highest BCUT2D eigenvalue weighted by Crippen LogP contribution is 2.20. The molecule has 0 aliphatic carbocycles. The minimum absolute atomic E-state index is 0.00955. The highest BCUT2D eigenvalue weighted by molar-refractivity contribution is 9.10. The first-order valence-corrected chi connectivity index (χ1v) is 8.53. The zero-order valence-corrected chi connectivity index (χ0v) is 15.3. The summed E-state index contributed by atoms with van der Waals surface area (Å²) in [5.41, 5.74) is 3.63. The van der Waals surface area contributed by atoms with Crippen molar-refractivity contribution >= 4 is 21.8 Å². The lowest BCUT2D eigenvalue weighted by Crippen LogP contribution is -2.32. The van der Waals surface area contributed by atoms with Crippen LogP contribution in [0.3, 0.4) is 0 Å². The molecule has 0 heterocycles. The number of benzene rings is 2. The van der Waals surface area contributed by atoms with Crippen LogP contribution in [-0.2, 0) is 4.79 Å². The number of halogens is 1. The molecule has 0 fully saturated rings. The van der Waals surface area contributed by atoms with Gasteiger partial charge in [0, 0.05) is 4.47 Å². The van der Waals surface area contributed by atoms with E-state index in [1.165, 1.54) is 11.1 Å². The van der Waals surface area contributed by atoms with Gasteiger partial charge in [-0.15, -0.1) is 0 Å². The molecule has 0 spiro atoms. The van der Waals surface area contributed by atoms with Crippen molar-refractivity contribution in [1.29, 1.82) is 0 Å². The lowest BCUT2D eigenvalue weighted by Gasteiger charge is -2.19. The van der Waals surface area contributed by atoms with Crippen LogP contribution in [0.2, 0.25) is 0 Å². The number of rotatable bonds is 6. The lowest BCUT2D eigenvalue weighted by atomic mass is 9.99. The van der Waals surface area contributed by atoms with Gasteiger partial charge in [0.05, 0.1) is 6.04 Å². The van der Waals surface area contributed by atoms with Crippen molar-refractivity contribution in [3.05, 3.63) is 63.6 Å². The Morgan fingerprint density at radius 1 is 1.13 bits per heavy atom. The van der Waals surface area contributed by atoms with E-state index in [0.29, 0.717) is 5.75 Å². The van der Waals surface area contributed by atoms with Crippen LogP contribution in [-0.4, -0.2) is 12.5 Å². The maximum Gasteiger partial charge on any atom is 0.258 e. The predicted molar refractivity (Wildman–Crippen MR) is 96.7 cm³/mol. The van der Waals surface area contributed by atoms with Crippen LogP contribution < -0.4 is 10.1 Å². The van der Waals surface area contributed by atoms with Crippen molar-refractivity contribution in [2.75, 3.05) is 6.61 Å². The predicted octanol–water partition coefficient (Wildman–Crippen LogP) is 4.71. The first-order valence-electron chi connectivity index (χ1n) is 7.74. The van der Waals surface area contributed by atoms with Gasteiger partial charge in [-0.2, -0.15) is 0 Å². The third-order valence-corrected chi connectivity index (χ3v) is 4.39. The highest BCUT2D eigenvalue weighted by atomic mass is 79.9. The molecule has 4 heteroatoms. The van der Waals surface area contributed by atoms with Crippen molar-refractivity contribution < 1.29 is 9.53 Å². The van der Waals surface area contributed by atoms with E-state index in [0.717, 1.165) is 16.5 Å². The highest BCUT2D eigenvalue weighted by Gasteiger charge is 2.13. The number of carbonyl (C=O) groups is 1. The summed E-state index contributed by atoms with van der Waals surface area (Å²) in [6, 6.07) is 13.8. The van der Waals surface area contributed by atoms with E-state index in [1.807, 2.05) is 24.3 Å². The van der Waals surface area contributed by atoms with Gasteiger partial charge in [0.1, 0.15) is 5.75 Å². The summed E-state index contributed by atoms with van der Waals surface area (Å²) in [5.74, 6) is 0.570. The Balaban J connectivity index is 1.94. The van der Waals surface area contributed by atoms with Crippen LogP contribution in [0.4, 0.5) is 0 Å². The van der Waals surface area contributed by atoms with E-state index >= 15 is 0 Å². The molecule has 0 radical (unpaired) electrons. The van der Waals surface area contributed by atoms with Gasteiger partial charge in [-0.05, 0) is 61.2 Å². The molecule has 0 saturated carbocycles. The summed E-state index contributed by atoms with van der Waals surface area (Å²) in [4.78, 5) is 12.1. The monoisotopic (exact) mass is 375 g/mol. The molecule has 122 valence electrons. The molecule has 0 aliphatic rings. The fourth-order valence-electron chi connectivity index (χ4n) is 2.32. The Kier molecular flexibility index (Phi) is 6.22. The first-order chi connectivity index (χ1) is 11.0. The van der Waals surface area contributed by atoms with Crippen LogP contribution in [0, 0.1) is 13.8 Å². The topological polar surface area (TPSA) is 38.3 Å². The number of ether oxygens (including phenoxy) is 1. The van der Waals surface area contributed by atoms with Gasteiger partial charge in [0.15, 0.2) is 6.61 Å². The summed E-state index contributed by atoms with van der Waals surface area (Å²) in [6.07, 6.45) is 0.840. The van der Waals surface area contributed by atoms with Gasteiger partial charge in [0.25, 0.3) is 5.91 Å². The molecule has 0 unspecified atom stereocenters. The molecular weight excluding hydrogens is 354 g/mol. The SMILES string of the molecule is CC[C@@H](NC(=O)COc1ccc(Br)cc1)c1ccc(C)c(C)c1. The zero-order valence-electron chi connectivity index (χ0n) is 13.7. The summed E-state index contributed by atoms with van der Waals surface area (Å²) in [6.45, 7) is 6.26. The second-order valence-corrected chi connectivity index (χ2v) is 6.53. The molecule has 3 nitrogen and oxygen atoms in total. The number of hydrogen-bond acceptors (Lipinski definition) is 2. The number of carbonyl (C=O) groups excluding carboxylic acids is 1. The van der Waals surface area contributed by atoms with E-state index in [4.69, 9.17) is 4.74 Å². The summed E-state index contributed by atoms with van der Waals surface area (Å²) in [7, 11) is 0. The van der Waals surface area contributed by atoms with Crippen molar-refractivity contribution in [1.82, 2.24) is 5.32 Å². The van der Waals surface area contributed by atoms with Crippen LogP contribution in [0.1, 0.15) is 36.1 Å². The lowest BCUT2D eigenvalue weighted by molar-refractivity contribution is -0.123. The molecule has 1 atom stereocenters. The van der Waals surface area contributed by atoms with Crippen molar-refractivity contribution in [2.45, 2.75) is 33.2 Å². The molecule has 0 aromatic heterocycles. The molecule has 0 aliphatic heterocycles. The van der Waals surface area contributed by atoms with Crippen molar-refractivity contribution in [3.8, 4) is 5.75 Å². The van der Waals surface area contributed by atoms with Gasteiger partial charge in [0.2, 0.25) is 0 Å². The third-order valence-electron chi connectivity index (χ3n) is 3.86. The second-order valence-electron chi connectivity index (χ2n) is 5.61. The van der Waals surface area contributed by atoms with Crippen LogP contribution >= 0.6 is 15.9 Å². The maximum absolute atomic E-state index is 12.1. The normalized spacial score (nSPS) is 11.8. The zero-order chi connectivity index (χ0) is 16.8. The standard InChI is InChI=1S/C19H22BrNO2/c1-4-18(15-6-5-13(2)14(3)11-15)21-19(22)12-23-17-9-7-16(20)8-10-17/h5-11,18H,4,12H2,1-3H3,(H,21,22)/t18-/m1/s1. The molecule has 0 bridgehead atoms. The second kappa shape index (κ2) is 8.16. The minimum Gasteiger partial charge on any atom is -0.484 e. The minimum atomic E-state index is -0.113. The van der Waals surface area contributed by atoms with E-state index in [2.05, 4.69) is 60.2 Å². The van der Waals surface area contributed by atoms with E-state index in [-0.39, 0.29) is 18.6 Å². The Hall–Kier alpha value is -1.81. The Morgan fingerprint density at radius 2 is 1.83 bits per heavy atom. The number of aryl methyl sites for hydroxylation is 2. The molecule has 1 N–H and O–H groups in total. The molecular formula is C19H22BrNO2. The molecule has 2 rings (SSSR count). The number of amides is 1. The van der Waals surface area contributed by atoms with Crippen LogP contribution in [0.5, 0.6) is 5.75 Å².